The molecule has 6 heteroatoms. The zero-order valence-corrected chi connectivity index (χ0v) is 14.7. The Bertz CT molecular complexity index is 1230. The average Bonchev–Trinajstić information content (AvgIpc) is 3.06. The number of hydrogen-bond acceptors (Lipinski definition) is 5. The third-order valence-corrected chi connectivity index (χ3v) is 4.63. The van der Waals surface area contributed by atoms with Gasteiger partial charge in [0.2, 0.25) is 0 Å². The summed E-state index contributed by atoms with van der Waals surface area (Å²) < 4.78 is 16.3. The molecule has 0 fully saturated rings. The Morgan fingerprint density at radius 1 is 1.11 bits per heavy atom. The van der Waals surface area contributed by atoms with E-state index in [1.54, 1.807) is 20.3 Å². The number of benzene rings is 2. The second-order valence-corrected chi connectivity index (χ2v) is 6.29. The molecule has 0 unspecified atom stereocenters. The molecule has 2 aromatic heterocycles. The number of aliphatic carboxylic acids is 1. The smallest absolute Gasteiger partial charge is 0.336 e. The van der Waals surface area contributed by atoms with E-state index in [-0.39, 0.29) is 6.42 Å². The maximum absolute atomic E-state index is 11.9. The first-order chi connectivity index (χ1) is 13.0. The lowest BCUT2D eigenvalue weighted by atomic mass is 9.98. The molecular formula is C21H16O6. The van der Waals surface area contributed by atoms with Crippen LogP contribution in [0.5, 0.6) is 5.75 Å². The molecule has 0 saturated heterocycles. The van der Waals surface area contributed by atoms with E-state index in [2.05, 4.69) is 0 Å². The number of rotatable bonds is 4. The van der Waals surface area contributed by atoms with Crippen LogP contribution >= 0.6 is 0 Å². The molecule has 6 nitrogen and oxygen atoms in total. The second-order valence-electron chi connectivity index (χ2n) is 6.29. The normalized spacial score (nSPS) is 11.2. The quantitative estimate of drug-likeness (QED) is 0.547. The van der Waals surface area contributed by atoms with Gasteiger partial charge in [0, 0.05) is 28.0 Å². The largest absolute Gasteiger partial charge is 0.497 e. The Balaban J connectivity index is 2.01. The lowest BCUT2D eigenvalue weighted by Gasteiger charge is -2.07. The van der Waals surface area contributed by atoms with Crippen molar-refractivity contribution >= 4 is 27.9 Å². The van der Waals surface area contributed by atoms with E-state index in [9.17, 15) is 14.7 Å². The Labute approximate surface area is 153 Å². The third kappa shape index (κ3) is 2.85. The van der Waals surface area contributed by atoms with E-state index < -0.39 is 11.6 Å². The molecule has 0 radical (unpaired) electrons. The van der Waals surface area contributed by atoms with Gasteiger partial charge in [0.25, 0.3) is 0 Å². The van der Waals surface area contributed by atoms with E-state index in [1.165, 1.54) is 6.07 Å². The molecule has 4 aromatic rings. The van der Waals surface area contributed by atoms with Gasteiger partial charge in [-0.25, -0.2) is 4.79 Å². The van der Waals surface area contributed by atoms with Crippen molar-refractivity contribution in [3.8, 4) is 16.9 Å². The molecule has 0 atom stereocenters. The summed E-state index contributed by atoms with van der Waals surface area (Å²) in [5, 5.41) is 10.6. The molecule has 27 heavy (non-hydrogen) atoms. The minimum Gasteiger partial charge on any atom is -0.497 e. The van der Waals surface area contributed by atoms with Crippen LogP contribution in [0.25, 0.3) is 33.1 Å². The Morgan fingerprint density at radius 2 is 1.85 bits per heavy atom. The van der Waals surface area contributed by atoms with Crippen LogP contribution in [0.1, 0.15) is 11.1 Å². The Morgan fingerprint density at radius 3 is 2.52 bits per heavy atom. The highest BCUT2D eigenvalue weighted by molar-refractivity contribution is 6.05. The summed E-state index contributed by atoms with van der Waals surface area (Å²) in [5.74, 6) is -0.263. The molecule has 1 N–H and O–H groups in total. The van der Waals surface area contributed by atoms with Crippen LogP contribution in [0.4, 0.5) is 0 Å². The highest BCUT2D eigenvalue weighted by Crippen LogP contribution is 2.37. The lowest BCUT2D eigenvalue weighted by molar-refractivity contribution is -0.136. The van der Waals surface area contributed by atoms with Crippen LogP contribution in [-0.4, -0.2) is 18.2 Å². The maximum atomic E-state index is 11.9. The number of ether oxygens (including phenoxy) is 1. The summed E-state index contributed by atoms with van der Waals surface area (Å²) in [6.45, 7) is 1.79. The third-order valence-electron chi connectivity index (χ3n) is 4.63. The van der Waals surface area contributed by atoms with E-state index in [0.29, 0.717) is 27.7 Å². The van der Waals surface area contributed by atoms with Gasteiger partial charge in [-0.1, -0.05) is 12.1 Å². The standard InChI is InChI=1S/C21H16O6/c1-11-20-16(17(10-26-20)12-3-5-14(25-2)6-4-12)9-15-13(7-18(22)23)8-19(24)27-21(11)15/h3-6,8-10H,7H2,1-2H3,(H,22,23). The van der Waals surface area contributed by atoms with Crippen molar-refractivity contribution in [1.82, 2.24) is 0 Å². The van der Waals surface area contributed by atoms with Crippen molar-refractivity contribution in [2.24, 2.45) is 0 Å². The molecule has 2 heterocycles. The molecule has 136 valence electrons. The maximum Gasteiger partial charge on any atom is 0.336 e. The summed E-state index contributed by atoms with van der Waals surface area (Å²) in [7, 11) is 1.61. The summed E-state index contributed by atoms with van der Waals surface area (Å²) in [4.78, 5) is 23.1. The topological polar surface area (TPSA) is 89.9 Å². The number of furan rings is 1. The molecule has 0 spiro atoms. The van der Waals surface area contributed by atoms with Crippen LogP contribution < -0.4 is 10.4 Å². The van der Waals surface area contributed by atoms with Gasteiger partial charge in [-0.05, 0) is 36.2 Å². The van der Waals surface area contributed by atoms with E-state index >= 15 is 0 Å². The fraction of sp³-hybridized carbons (Fsp3) is 0.143. The molecule has 0 aliphatic carbocycles. The fourth-order valence-corrected chi connectivity index (χ4v) is 3.34. The first-order valence-corrected chi connectivity index (χ1v) is 8.31. The second kappa shape index (κ2) is 6.32. The van der Waals surface area contributed by atoms with E-state index in [4.69, 9.17) is 13.6 Å². The number of carbonyl (C=O) groups is 1. The van der Waals surface area contributed by atoms with Crippen molar-refractivity contribution in [3.63, 3.8) is 0 Å². The van der Waals surface area contributed by atoms with Gasteiger partial charge in [-0.2, -0.15) is 0 Å². The van der Waals surface area contributed by atoms with Gasteiger partial charge in [-0.15, -0.1) is 0 Å². The number of hydrogen-bond donors (Lipinski definition) is 1. The number of methoxy groups -OCH3 is 1. The highest BCUT2D eigenvalue weighted by atomic mass is 16.5. The van der Waals surface area contributed by atoms with Crippen LogP contribution in [0, 0.1) is 6.92 Å². The molecule has 2 aromatic carbocycles. The van der Waals surface area contributed by atoms with Crippen LogP contribution in [-0.2, 0) is 11.2 Å². The Kier molecular flexibility index (Phi) is 3.96. The van der Waals surface area contributed by atoms with Crippen molar-refractivity contribution < 1.29 is 23.5 Å². The summed E-state index contributed by atoms with van der Waals surface area (Å²) in [6.07, 6.45) is 1.39. The molecule has 0 amide bonds. The van der Waals surface area contributed by atoms with Crippen molar-refractivity contribution in [2.75, 3.05) is 7.11 Å². The summed E-state index contributed by atoms with van der Waals surface area (Å²) >= 11 is 0. The highest BCUT2D eigenvalue weighted by Gasteiger charge is 2.18. The minimum absolute atomic E-state index is 0.261. The minimum atomic E-state index is -1.01. The van der Waals surface area contributed by atoms with Gasteiger partial charge >= 0.3 is 11.6 Å². The molecule has 0 aliphatic heterocycles. The first kappa shape index (κ1) is 16.9. The van der Waals surface area contributed by atoms with Gasteiger partial charge in [0.05, 0.1) is 19.8 Å². The van der Waals surface area contributed by atoms with Gasteiger partial charge < -0.3 is 18.7 Å². The molecule has 0 saturated carbocycles. The van der Waals surface area contributed by atoms with Gasteiger partial charge in [0.15, 0.2) is 0 Å². The number of carboxylic acid groups (broad SMARTS) is 1. The van der Waals surface area contributed by atoms with Gasteiger partial charge in [0.1, 0.15) is 16.9 Å². The van der Waals surface area contributed by atoms with Crippen molar-refractivity contribution in [1.29, 1.82) is 0 Å². The van der Waals surface area contributed by atoms with Crippen LogP contribution in [0.3, 0.4) is 0 Å². The molecule has 4 rings (SSSR count). The zero-order chi connectivity index (χ0) is 19.1. The number of fused-ring (bicyclic) bond motifs is 2. The van der Waals surface area contributed by atoms with E-state index in [0.717, 1.165) is 22.3 Å². The van der Waals surface area contributed by atoms with Crippen molar-refractivity contribution in [2.45, 2.75) is 13.3 Å². The monoisotopic (exact) mass is 364 g/mol. The summed E-state index contributed by atoms with van der Waals surface area (Å²) in [6, 6.07) is 10.6. The number of carboxylic acids is 1. The van der Waals surface area contributed by atoms with Crippen molar-refractivity contribution in [3.05, 3.63) is 64.2 Å². The summed E-state index contributed by atoms with van der Waals surface area (Å²) in [5.41, 5.74) is 3.25. The zero-order valence-electron chi connectivity index (χ0n) is 14.7. The lowest BCUT2D eigenvalue weighted by Crippen LogP contribution is -2.06. The first-order valence-electron chi connectivity index (χ1n) is 8.31. The molecule has 0 bridgehead atoms. The fourth-order valence-electron chi connectivity index (χ4n) is 3.34. The average molecular weight is 364 g/mol. The number of aryl methyl sites for hydroxylation is 1. The SMILES string of the molecule is COc1ccc(-c2coc3c(C)c4oc(=O)cc(CC(=O)O)c4cc23)cc1. The van der Waals surface area contributed by atoms with Gasteiger partial charge in [-0.3, -0.25) is 4.79 Å². The predicted octanol–water partition coefficient (Wildman–Crippen LogP) is 4.15. The predicted molar refractivity (Wildman–Crippen MR) is 100 cm³/mol. The van der Waals surface area contributed by atoms with Crippen LogP contribution in [0.2, 0.25) is 0 Å². The van der Waals surface area contributed by atoms with Crippen LogP contribution in [0.15, 0.2) is 56.3 Å². The van der Waals surface area contributed by atoms with E-state index in [1.807, 2.05) is 30.3 Å². The molecule has 0 aliphatic rings. The Hall–Kier alpha value is -3.54. The molecular weight excluding hydrogens is 348 g/mol.